The molecule has 0 unspecified atom stereocenters. The van der Waals surface area contributed by atoms with E-state index in [2.05, 4.69) is 29.0 Å². The lowest BCUT2D eigenvalue weighted by Crippen LogP contribution is -2.03. The third-order valence-corrected chi connectivity index (χ3v) is 3.77. The molecule has 0 atom stereocenters. The topological polar surface area (TPSA) is 61.0 Å². The standard InChI is InChI=1S/C19H21N3O/c1-14-7-6-8-15(13-14)23-12-5-4-11-18-16-9-2-3-10-17(16)21-19(20)22-18/h2-3,6-10,13H,4-5,11-12H2,1H3,(H2,20,21,22). The van der Waals surface area contributed by atoms with Crippen molar-refractivity contribution in [1.29, 1.82) is 0 Å². The largest absolute Gasteiger partial charge is 0.494 e. The number of ether oxygens (including phenoxy) is 1. The van der Waals surface area contributed by atoms with Gasteiger partial charge in [-0.05, 0) is 49.9 Å². The number of benzene rings is 2. The van der Waals surface area contributed by atoms with E-state index in [0.717, 1.165) is 41.6 Å². The average Bonchev–Trinajstić information content (AvgIpc) is 2.54. The lowest BCUT2D eigenvalue weighted by atomic mass is 10.1. The van der Waals surface area contributed by atoms with Crippen LogP contribution < -0.4 is 10.5 Å². The Morgan fingerprint density at radius 3 is 2.74 bits per heavy atom. The number of para-hydroxylation sites is 1. The van der Waals surface area contributed by atoms with E-state index in [9.17, 15) is 0 Å². The van der Waals surface area contributed by atoms with Gasteiger partial charge < -0.3 is 10.5 Å². The summed E-state index contributed by atoms with van der Waals surface area (Å²) in [5, 5.41) is 1.08. The van der Waals surface area contributed by atoms with Crippen molar-refractivity contribution >= 4 is 16.9 Å². The summed E-state index contributed by atoms with van der Waals surface area (Å²) in [4.78, 5) is 8.67. The molecule has 0 aliphatic rings. The van der Waals surface area contributed by atoms with Gasteiger partial charge in [0.05, 0.1) is 17.8 Å². The van der Waals surface area contributed by atoms with E-state index in [1.807, 2.05) is 36.4 Å². The highest BCUT2D eigenvalue weighted by Gasteiger charge is 2.05. The lowest BCUT2D eigenvalue weighted by molar-refractivity contribution is 0.306. The highest BCUT2D eigenvalue weighted by atomic mass is 16.5. The average molecular weight is 307 g/mol. The van der Waals surface area contributed by atoms with E-state index in [4.69, 9.17) is 10.5 Å². The Hall–Kier alpha value is -2.62. The summed E-state index contributed by atoms with van der Waals surface area (Å²) in [6, 6.07) is 16.1. The molecular formula is C19H21N3O. The fourth-order valence-electron chi connectivity index (χ4n) is 2.64. The minimum atomic E-state index is 0.342. The Bertz CT molecular complexity index is 801. The molecule has 0 saturated heterocycles. The molecule has 0 bridgehead atoms. The molecule has 0 fully saturated rings. The second kappa shape index (κ2) is 7.09. The molecule has 118 valence electrons. The zero-order chi connectivity index (χ0) is 16.1. The van der Waals surface area contributed by atoms with Gasteiger partial charge >= 0.3 is 0 Å². The van der Waals surface area contributed by atoms with Crippen LogP contribution in [0.4, 0.5) is 5.95 Å². The minimum absolute atomic E-state index is 0.342. The lowest BCUT2D eigenvalue weighted by Gasteiger charge is -2.08. The fraction of sp³-hybridized carbons (Fsp3) is 0.263. The number of nitrogens with two attached hydrogens (primary N) is 1. The molecule has 1 aromatic heterocycles. The molecule has 3 aromatic rings. The monoisotopic (exact) mass is 307 g/mol. The number of hydrogen-bond acceptors (Lipinski definition) is 4. The highest BCUT2D eigenvalue weighted by Crippen LogP contribution is 2.18. The van der Waals surface area contributed by atoms with Crippen LogP contribution in [0, 0.1) is 6.92 Å². The summed E-state index contributed by atoms with van der Waals surface area (Å²) in [7, 11) is 0. The summed E-state index contributed by atoms with van der Waals surface area (Å²) >= 11 is 0. The van der Waals surface area contributed by atoms with Crippen molar-refractivity contribution in [3.05, 3.63) is 59.8 Å². The van der Waals surface area contributed by atoms with Gasteiger partial charge in [-0.2, -0.15) is 0 Å². The molecule has 3 rings (SSSR count). The van der Waals surface area contributed by atoms with Gasteiger partial charge in [-0.1, -0.05) is 30.3 Å². The van der Waals surface area contributed by atoms with Crippen LogP contribution in [0.5, 0.6) is 5.75 Å². The minimum Gasteiger partial charge on any atom is -0.494 e. The van der Waals surface area contributed by atoms with Gasteiger partial charge in [0.25, 0.3) is 0 Å². The van der Waals surface area contributed by atoms with Crippen LogP contribution in [0.1, 0.15) is 24.1 Å². The number of aromatic nitrogens is 2. The number of rotatable bonds is 6. The zero-order valence-corrected chi connectivity index (χ0v) is 13.3. The van der Waals surface area contributed by atoms with E-state index in [0.29, 0.717) is 12.6 Å². The predicted octanol–water partition coefficient (Wildman–Crippen LogP) is 3.92. The van der Waals surface area contributed by atoms with Crippen LogP contribution in [-0.2, 0) is 6.42 Å². The Morgan fingerprint density at radius 2 is 1.87 bits per heavy atom. The smallest absolute Gasteiger partial charge is 0.220 e. The molecule has 0 aliphatic carbocycles. The van der Waals surface area contributed by atoms with E-state index in [1.54, 1.807) is 0 Å². The number of hydrogen-bond donors (Lipinski definition) is 1. The summed E-state index contributed by atoms with van der Waals surface area (Å²) in [6.07, 6.45) is 2.86. The number of unbranched alkanes of at least 4 members (excludes halogenated alkanes) is 1. The number of fused-ring (bicyclic) bond motifs is 1. The molecule has 4 nitrogen and oxygen atoms in total. The molecule has 23 heavy (non-hydrogen) atoms. The molecule has 0 radical (unpaired) electrons. The Morgan fingerprint density at radius 1 is 1.00 bits per heavy atom. The molecular weight excluding hydrogens is 286 g/mol. The first-order valence-corrected chi connectivity index (χ1v) is 7.93. The molecule has 4 heteroatoms. The van der Waals surface area contributed by atoms with Crippen molar-refractivity contribution in [3.63, 3.8) is 0 Å². The quantitative estimate of drug-likeness (QED) is 0.701. The molecule has 0 amide bonds. The molecule has 1 heterocycles. The molecule has 0 saturated carbocycles. The number of anilines is 1. The van der Waals surface area contributed by atoms with Crippen molar-refractivity contribution in [3.8, 4) is 5.75 Å². The first-order valence-electron chi connectivity index (χ1n) is 7.93. The molecule has 0 aliphatic heterocycles. The highest BCUT2D eigenvalue weighted by molar-refractivity contribution is 5.81. The van der Waals surface area contributed by atoms with Crippen molar-refractivity contribution in [2.24, 2.45) is 0 Å². The maximum absolute atomic E-state index is 5.80. The second-order valence-corrected chi connectivity index (χ2v) is 5.67. The fourth-order valence-corrected chi connectivity index (χ4v) is 2.64. The van der Waals surface area contributed by atoms with E-state index < -0.39 is 0 Å². The summed E-state index contributed by atoms with van der Waals surface area (Å²) in [6.45, 7) is 2.78. The van der Waals surface area contributed by atoms with E-state index in [1.165, 1.54) is 5.56 Å². The van der Waals surface area contributed by atoms with Crippen LogP contribution in [-0.4, -0.2) is 16.6 Å². The SMILES string of the molecule is Cc1cccc(OCCCCc2nc(N)nc3ccccc23)c1. The van der Waals surface area contributed by atoms with Crippen molar-refractivity contribution < 1.29 is 4.74 Å². The normalized spacial score (nSPS) is 10.8. The van der Waals surface area contributed by atoms with Gasteiger partial charge in [0.15, 0.2) is 0 Å². The summed E-state index contributed by atoms with van der Waals surface area (Å²) in [5.41, 5.74) is 8.94. The van der Waals surface area contributed by atoms with Gasteiger partial charge in [-0.3, -0.25) is 0 Å². The first kappa shape index (κ1) is 15.3. The maximum atomic E-state index is 5.80. The van der Waals surface area contributed by atoms with Gasteiger partial charge in [0.2, 0.25) is 5.95 Å². The van der Waals surface area contributed by atoms with Gasteiger partial charge in [0, 0.05) is 5.39 Å². The number of aryl methyl sites for hydroxylation is 2. The number of nitrogens with zero attached hydrogens (tertiary/aromatic N) is 2. The van der Waals surface area contributed by atoms with Crippen molar-refractivity contribution in [2.45, 2.75) is 26.2 Å². The van der Waals surface area contributed by atoms with Gasteiger partial charge in [-0.15, -0.1) is 0 Å². The summed E-state index contributed by atoms with van der Waals surface area (Å²) in [5.74, 6) is 1.27. The first-order chi connectivity index (χ1) is 11.2. The predicted molar refractivity (Wildman–Crippen MR) is 93.6 cm³/mol. The van der Waals surface area contributed by atoms with Crippen LogP contribution in [0.25, 0.3) is 10.9 Å². The van der Waals surface area contributed by atoms with Crippen molar-refractivity contribution in [1.82, 2.24) is 9.97 Å². The van der Waals surface area contributed by atoms with Crippen LogP contribution in [0.3, 0.4) is 0 Å². The summed E-state index contributed by atoms with van der Waals surface area (Å²) < 4.78 is 5.78. The van der Waals surface area contributed by atoms with Crippen LogP contribution in [0.15, 0.2) is 48.5 Å². The molecule has 2 aromatic carbocycles. The van der Waals surface area contributed by atoms with Crippen LogP contribution >= 0.6 is 0 Å². The van der Waals surface area contributed by atoms with E-state index >= 15 is 0 Å². The molecule has 0 spiro atoms. The second-order valence-electron chi connectivity index (χ2n) is 5.67. The van der Waals surface area contributed by atoms with Crippen LogP contribution in [0.2, 0.25) is 0 Å². The van der Waals surface area contributed by atoms with Crippen molar-refractivity contribution in [2.75, 3.05) is 12.3 Å². The third kappa shape index (κ3) is 3.97. The Balaban J connectivity index is 1.55. The van der Waals surface area contributed by atoms with E-state index in [-0.39, 0.29) is 0 Å². The van der Waals surface area contributed by atoms with Gasteiger partial charge in [0.1, 0.15) is 5.75 Å². The van der Waals surface area contributed by atoms with Gasteiger partial charge in [-0.25, -0.2) is 9.97 Å². The number of nitrogen functional groups attached to an aromatic ring is 1. The zero-order valence-electron chi connectivity index (χ0n) is 13.3. The Kier molecular flexibility index (Phi) is 4.71. The Labute approximate surface area is 136 Å². The molecule has 2 N–H and O–H groups in total. The third-order valence-electron chi connectivity index (χ3n) is 3.77. The maximum Gasteiger partial charge on any atom is 0.220 e.